The van der Waals surface area contributed by atoms with Crippen molar-refractivity contribution < 1.29 is 31.1 Å². The van der Waals surface area contributed by atoms with E-state index in [9.17, 15) is 26.4 Å². The van der Waals surface area contributed by atoms with Crippen LogP contribution in [-0.2, 0) is 21.2 Å². The van der Waals surface area contributed by atoms with Gasteiger partial charge in [0.05, 0.1) is 30.7 Å². The van der Waals surface area contributed by atoms with Gasteiger partial charge in [0.2, 0.25) is 0 Å². The summed E-state index contributed by atoms with van der Waals surface area (Å²) in [6, 6.07) is 4.49. The third kappa shape index (κ3) is 4.37. The number of hydrogen-bond donors (Lipinski definition) is 1. The maximum Gasteiger partial charge on any atom is 0.501 e. The highest BCUT2D eigenvalue weighted by Crippen LogP contribution is 2.31. The van der Waals surface area contributed by atoms with E-state index in [0.717, 1.165) is 24.4 Å². The van der Waals surface area contributed by atoms with Gasteiger partial charge in [-0.3, -0.25) is 5.10 Å². The van der Waals surface area contributed by atoms with E-state index >= 15 is 0 Å². The summed E-state index contributed by atoms with van der Waals surface area (Å²) in [5, 5.41) is 6.65. The van der Waals surface area contributed by atoms with Crippen LogP contribution >= 0.6 is 0 Å². The van der Waals surface area contributed by atoms with E-state index in [1.165, 1.54) is 18.5 Å². The molecule has 0 aliphatic carbocycles. The van der Waals surface area contributed by atoms with Crippen LogP contribution in [0.5, 0.6) is 0 Å². The smallest absolute Gasteiger partial charge is 0.370 e. The molecule has 9 nitrogen and oxygen atoms in total. The van der Waals surface area contributed by atoms with Gasteiger partial charge in [-0.25, -0.2) is 18.2 Å². The predicted molar refractivity (Wildman–Crippen MR) is 101 cm³/mol. The van der Waals surface area contributed by atoms with Crippen molar-refractivity contribution in [2.24, 2.45) is 0 Å². The highest BCUT2D eigenvalue weighted by atomic mass is 32.2. The van der Waals surface area contributed by atoms with Crippen molar-refractivity contribution in [1.82, 2.24) is 25.0 Å². The summed E-state index contributed by atoms with van der Waals surface area (Å²) in [5.74, 6) is 0.884. The Labute approximate surface area is 176 Å². The molecular formula is C18H20F3N5O4S. The first-order chi connectivity index (χ1) is 14.6. The molecule has 1 aromatic carbocycles. The second-order valence-electron chi connectivity index (χ2n) is 7.52. The molecule has 2 saturated heterocycles. The molecule has 2 aromatic rings. The third-order valence-corrected chi connectivity index (χ3v) is 6.88. The summed E-state index contributed by atoms with van der Waals surface area (Å²) >= 11 is 0. The molecule has 0 spiro atoms. The van der Waals surface area contributed by atoms with Crippen LogP contribution < -0.4 is 0 Å². The Morgan fingerprint density at radius 1 is 1.23 bits per heavy atom. The van der Waals surface area contributed by atoms with Crippen molar-refractivity contribution in [1.29, 1.82) is 0 Å². The molecule has 0 radical (unpaired) electrons. The summed E-state index contributed by atoms with van der Waals surface area (Å²) in [5.41, 5.74) is -5.05. The molecule has 0 unspecified atom stereocenters. The van der Waals surface area contributed by atoms with Gasteiger partial charge in [-0.1, -0.05) is 12.1 Å². The minimum absolute atomic E-state index is 0.0504. The molecule has 168 valence electrons. The lowest BCUT2D eigenvalue weighted by Crippen LogP contribution is -2.58. The Morgan fingerprint density at radius 2 is 2.00 bits per heavy atom. The van der Waals surface area contributed by atoms with Crippen LogP contribution in [0.4, 0.5) is 18.0 Å². The number of H-pyrrole nitrogens is 1. The zero-order valence-electron chi connectivity index (χ0n) is 16.2. The molecule has 3 heterocycles. The first-order valence-corrected chi connectivity index (χ1v) is 11.0. The van der Waals surface area contributed by atoms with E-state index in [1.807, 2.05) is 0 Å². The molecule has 0 saturated carbocycles. The molecule has 2 aliphatic rings. The normalized spacial score (nSPS) is 20.2. The Morgan fingerprint density at radius 3 is 2.68 bits per heavy atom. The monoisotopic (exact) mass is 459 g/mol. The van der Waals surface area contributed by atoms with Gasteiger partial charge in [0.25, 0.3) is 9.84 Å². The van der Waals surface area contributed by atoms with E-state index in [4.69, 9.17) is 4.74 Å². The molecule has 2 fully saturated rings. The van der Waals surface area contributed by atoms with Crippen LogP contribution in [0.25, 0.3) is 0 Å². The van der Waals surface area contributed by atoms with Crippen LogP contribution in [0.15, 0.2) is 35.5 Å². The Kier molecular flexibility index (Phi) is 5.64. The first-order valence-electron chi connectivity index (χ1n) is 9.56. The Hall–Kier alpha value is -2.67. The lowest BCUT2D eigenvalue weighted by molar-refractivity contribution is -0.0488. The van der Waals surface area contributed by atoms with Crippen molar-refractivity contribution in [3.8, 4) is 0 Å². The van der Waals surface area contributed by atoms with Gasteiger partial charge in [0.15, 0.2) is 0 Å². The highest BCUT2D eigenvalue weighted by molar-refractivity contribution is 7.92. The number of carbonyl (C=O) groups is 1. The largest absolute Gasteiger partial charge is 0.501 e. The molecule has 1 aromatic heterocycles. The fraction of sp³-hybridized carbons (Fsp3) is 0.500. The predicted octanol–water partition coefficient (Wildman–Crippen LogP) is 1.91. The number of nitrogens with one attached hydrogen (secondary N) is 1. The van der Waals surface area contributed by atoms with Crippen LogP contribution in [0.2, 0.25) is 0 Å². The number of hydrogen-bond acceptors (Lipinski definition) is 6. The number of nitrogens with zero attached hydrogens (tertiary/aromatic N) is 4. The number of benzene rings is 1. The number of urea groups is 1. The average Bonchev–Trinajstić information content (AvgIpc) is 3.37. The summed E-state index contributed by atoms with van der Waals surface area (Å²) in [7, 11) is -5.40. The molecule has 1 atom stereocenters. The molecule has 13 heteroatoms. The van der Waals surface area contributed by atoms with Gasteiger partial charge in [0.1, 0.15) is 12.2 Å². The van der Waals surface area contributed by atoms with Crippen LogP contribution in [0, 0.1) is 0 Å². The molecule has 2 aliphatic heterocycles. The van der Waals surface area contributed by atoms with Crippen molar-refractivity contribution in [3.63, 3.8) is 0 Å². The van der Waals surface area contributed by atoms with E-state index in [0.29, 0.717) is 31.7 Å². The molecule has 1 N–H and O–H groups in total. The van der Waals surface area contributed by atoms with Crippen molar-refractivity contribution in [2.45, 2.75) is 35.5 Å². The van der Waals surface area contributed by atoms with Crippen molar-refractivity contribution in [3.05, 3.63) is 42.0 Å². The summed E-state index contributed by atoms with van der Waals surface area (Å²) < 4.78 is 66.8. The second-order valence-corrected chi connectivity index (χ2v) is 9.46. The zero-order chi connectivity index (χ0) is 22.2. The number of carbonyl (C=O) groups excluding carboxylic acids is 1. The molecular weight excluding hydrogens is 439 g/mol. The Balaban J connectivity index is 1.26. The van der Waals surface area contributed by atoms with Gasteiger partial charge >= 0.3 is 11.5 Å². The molecule has 31 heavy (non-hydrogen) atoms. The maximum absolute atomic E-state index is 12.7. The summed E-state index contributed by atoms with van der Waals surface area (Å²) in [6.45, 7) is 1.85. The van der Waals surface area contributed by atoms with Gasteiger partial charge in [-0.15, -0.1) is 0 Å². The number of ether oxygens (including phenoxy) is 1. The van der Waals surface area contributed by atoms with Crippen molar-refractivity contribution in [2.75, 3.05) is 26.2 Å². The molecule has 2 amide bonds. The third-order valence-electron chi connectivity index (χ3n) is 5.40. The number of halogens is 3. The van der Waals surface area contributed by atoms with Gasteiger partial charge in [-0.2, -0.15) is 18.3 Å². The van der Waals surface area contributed by atoms with E-state index in [-0.39, 0.29) is 24.7 Å². The number of aromatic nitrogens is 3. The minimum Gasteiger partial charge on any atom is -0.370 e. The van der Waals surface area contributed by atoms with E-state index in [2.05, 4.69) is 15.2 Å². The first kappa shape index (κ1) is 21.6. The lowest BCUT2D eigenvalue weighted by Gasteiger charge is -2.40. The van der Waals surface area contributed by atoms with Crippen LogP contribution in [-0.4, -0.2) is 77.2 Å². The number of sulfone groups is 1. The minimum atomic E-state index is -5.40. The maximum atomic E-state index is 12.7. The average molecular weight is 459 g/mol. The zero-order valence-corrected chi connectivity index (χ0v) is 17.1. The number of alkyl halides is 3. The van der Waals surface area contributed by atoms with Crippen molar-refractivity contribution >= 4 is 15.9 Å². The lowest BCUT2D eigenvalue weighted by atomic mass is 10.1. The number of rotatable bonds is 5. The van der Waals surface area contributed by atoms with Crippen LogP contribution in [0.1, 0.15) is 23.7 Å². The standard InChI is InChI=1S/C18H20F3N5O4S/c19-18(20,21)31(28,29)15-3-1-2-12(6-15)10-30-14-8-26(9-14)17(27)25-5-4-13(7-25)16-22-11-23-24-16/h1-3,6,11,13-14H,4-5,7-10H2,(H,22,23,24)/t13-/m0/s1. The van der Waals surface area contributed by atoms with Gasteiger partial charge < -0.3 is 14.5 Å². The SMILES string of the molecule is O=C(N1CC(OCc2cccc(S(=O)(=O)C(F)(F)F)c2)C1)N1CC[C@H](c2ncn[nH]2)C1. The van der Waals surface area contributed by atoms with Gasteiger partial charge in [-0.05, 0) is 24.1 Å². The fourth-order valence-electron chi connectivity index (χ4n) is 3.62. The number of likely N-dealkylation sites (tertiary alicyclic amines) is 2. The highest BCUT2D eigenvalue weighted by Gasteiger charge is 2.47. The molecule has 4 rings (SSSR count). The fourth-order valence-corrected chi connectivity index (χ4v) is 4.45. The number of aromatic amines is 1. The number of amides is 2. The summed E-state index contributed by atoms with van der Waals surface area (Å²) in [4.78, 5) is 19.3. The van der Waals surface area contributed by atoms with E-state index < -0.39 is 20.2 Å². The van der Waals surface area contributed by atoms with Crippen LogP contribution in [0.3, 0.4) is 0 Å². The second kappa shape index (κ2) is 8.11. The quantitative estimate of drug-likeness (QED) is 0.732. The van der Waals surface area contributed by atoms with Gasteiger partial charge in [0, 0.05) is 19.0 Å². The summed E-state index contributed by atoms with van der Waals surface area (Å²) in [6.07, 6.45) is 1.97. The van der Waals surface area contributed by atoms with E-state index in [1.54, 1.807) is 9.80 Å². The molecule has 0 bridgehead atoms. The topological polar surface area (TPSA) is 108 Å². The Bertz CT molecular complexity index is 1040.